The molecule has 1 saturated heterocycles. The molecule has 33 heavy (non-hydrogen) atoms. The van der Waals surface area contributed by atoms with Crippen LogP contribution < -0.4 is 15.4 Å². The lowest BCUT2D eigenvalue weighted by atomic mass is 9.97. The van der Waals surface area contributed by atoms with E-state index >= 15 is 0 Å². The van der Waals surface area contributed by atoms with Gasteiger partial charge in [0, 0.05) is 30.8 Å². The number of hydrogen-bond acceptors (Lipinski definition) is 5. The lowest BCUT2D eigenvalue weighted by Crippen LogP contribution is -2.41. The minimum absolute atomic E-state index is 0.0802. The second kappa shape index (κ2) is 9.15. The van der Waals surface area contributed by atoms with Crippen LogP contribution in [0.4, 0.5) is 11.4 Å². The molecule has 2 aliphatic heterocycles. The normalized spacial score (nSPS) is 19.4. The first-order valence-electron chi connectivity index (χ1n) is 11.2. The van der Waals surface area contributed by atoms with Gasteiger partial charge in [-0.15, -0.1) is 0 Å². The summed E-state index contributed by atoms with van der Waals surface area (Å²) in [5.74, 6) is -0.247. The Morgan fingerprint density at radius 2 is 1.94 bits per heavy atom. The smallest absolute Gasteiger partial charge is 0.265 e. The van der Waals surface area contributed by atoms with Gasteiger partial charge in [-0.2, -0.15) is 4.31 Å². The SMILES string of the molecule is CCc1cccc(NC(=O)C2CCN(S(=O)(=O)c3cc4c(cc3C)NC(=O)[C@@H](C)O4)CC2)c1. The molecule has 2 aromatic carbocycles. The van der Waals surface area contributed by atoms with Crippen LogP contribution in [-0.4, -0.2) is 43.7 Å². The number of hydrogen-bond donors (Lipinski definition) is 2. The van der Waals surface area contributed by atoms with E-state index in [2.05, 4.69) is 17.6 Å². The number of benzene rings is 2. The molecule has 0 aromatic heterocycles. The van der Waals surface area contributed by atoms with E-state index in [4.69, 9.17) is 4.74 Å². The van der Waals surface area contributed by atoms with Gasteiger partial charge in [0.05, 0.1) is 10.6 Å². The van der Waals surface area contributed by atoms with Gasteiger partial charge < -0.3 is 15.4 Å². The first kappa shape index (κ1) is 23.3. The molecule has 8 nitrogen and oxygen atoms in total. The van der Waals surface area contributed by atoms with Crippen LogP contribution in [0.15, 0.2) is 41.3 Å². The predicted octanol–water partition coefficient (Wildman–Crippen LogP) is 3.32. The van der Waals surface area contributed by atoms with Crippen molar-refractivity contribution in [1.82, 2.24) is 4.31 Å². The van der Waals surface area contributed by atoms with Gasteiger partial charge in [-0.25, -0.2) is 8.42 Å². The summed E-state index contributed by atoms with van der Waals surface area (Å²) in [5.41, 5.74) is 2.91. The number of piperidine rings is 1. The second-order valence-electron chi connectivity index (χ2n) is 8.58. The Balaban J connectivity index is 1.44. The molecule has 2 aliphatic rings. The molecular formula is C24H29N3O5S. The standard InChI is InChI=1S/C24H29N3O5S/c1-4-17-6-5-7-19(13-17)25-24(29)18-8-10-27(11-9-18)33(30,31)22-14-21-20(12-15(22)2)26-23(28)16(3)32-21/h5-7,12-14,16,18H,4,8-11H2,1-3H3,(H,25,29)(H,26,28)/t16-/m1/s1. The van der Waals surface area contributed by atoms with Crippen LogP contribution in [0, 0.1) is 12.8 Å². The predicted molar refractivity (Wildman–Crippen MR) is 126 cm³/mol. The Labute approximate surface area is 194 Å². The summed E-state index contributed by atoms with van der Waals surface area (Å²) in [5, 5.41) is 5.70. The largest absolute Gasteiger partial charge is 0.479 e. The number of fused-ring (bicyclic) bond motifs is 1. The van der Waals surface area contributed by atoms with Crippen molar-refractivity contribution in [2.24, 2.45) is 5.92 Å². The van der Waals surface area contributed by atoms with Gasteiger partial charge in [0.25, 0.3) is 5.91 Å². The van der Waals surface area contributed by atoms with Crippen LogP contribution in [0.3, 0.4) is 0 Å². The lowest BCUT2D eigenvalue weighted by molar-refractivity contribution is -0.123. The van der Waals surface area contributed by atoms with E-state index in [1.54, 1.807) is 19.9 Å². The third-order valence-electron chi connectivity index (χ3n) is 6.25. The van der Waals surface area contributed by atoms with Crippen molar-refractivity contribution in [3.8, 4) is 5.75 Å². The minimum Gasteiger partial charge on any atom is -0.479 e. The van der Waals surface area contributed by atoms with Crippen molar-refractivity contribution in [1.29, 1.82) is 0 Å². The van der Waals surface area contributed by atoms with Gasteiger partial charge >= 0.3 is 0 Å². The molecular weight excluding hydrogens is 442 g/mol. The fraction of sp³-hybridized carbons (Fsp3) is 0.417. The second-order valence-corrected chi connectivity index (χ2v) is 10.5. The van der Waals surface area contributed by atoms with E-state index in [1.165, 1.54) is 10.4 Å². The van der Waals surface area contributed by atoms with Crippen molar-refractivity contribution < 1.29 is 22.7 Å². The van der Waals surface area contributed by atoms with E-state index in [1.807, 2.05) is 24.3 Å². The molecule has 0 unspecified atom stereocenters. The number of amides is 2. The quantitative estimate of drug-likeness (QED) is 0.696. The number of sulfonamides is 1. The molecule has 1 atom stereocenters. The maximum Gasteiger partial charge on any atom is 0.265 e. The van der Waals surface area contributed by atoms with E-state index in [0.717, 1.165) is 17.7 Å². The molecule has 0 saturated carbocycles. The topological polar surface area (TPSA) is 105 Å². The monoisotopic (exact) mass is 471 g/mol. The maximum atomic E-state index is 13.4. The highest BCUT2D eigenvalue weighted by Crippen LogP contribution is 2.36. The van der Waals surface area contributed by atoms with Gasteiger partial charge in [0.15, 0.2) is 6.10 Å². The summed E-state index contributed by atoms with van der Waals surface area (Å²) in [6.45, 7) is 5.90. The van der Waals surface area contributed by atoms with Crippen molar-refractivity contribution in [3.63, 3.8) is 0 Å². The van der Waals surface area contributed by atoms with E-state index < -0.39 is 16.1 Å². The summed E-state index contributed by atoms with van der Waals surface area (Å²) in [7, 11) is -3.77. The van der Waals surface area contributed by atoms with Crippen LogP contribution >= 0.6 is 0 Å². The Morgan fingerprint density at radius 1 is 1.21 bits per heavy atom. The Bertz CT molecular complexity index is 1190. The average molecular weight is 472 g/mol. The number of rotatable bonds is 5. The molecule has 2 amide bonds. The summed E-state index contributed by atoms with van der Waals surface area (Å²) in [6.07, 6.45) is 1.10. The van der Waals surface area contributed by atoms with Gasteiger partial charge in [-0.1, -0.05) is 19.1 Å². The minimum atomic E-state index is -3.77. The summed E-state index contributed by atoms with van der Waals surface area (Å²) < 4.78 is 33.7. The number of carbonyl (C=O) groups is 2. The zero-order valence-electron chi connectivity index (χ0n) is 19.1. The summed E-state index contributed by atoms with van der Waals surface area (Å²) in [6, 6.07) is 10.9. The third kappa shape index (κ3) is 4.74. The first-order chi connectivity index (χ1) is 15.7. The third-order valence-corrected chi connectivity index (χ3v) is 8.29. The van der Waals surface area contributed by atoms with Crippen molar-refractivity contribution in [2.45, 2.75) is 51.0 Å². The number of nitrogens with one attached hydrogen (secondary N) is 2. The van der Waals surface area contributed by atoms with Crippen molar-refractivity contribution in [2.75, 3.05) is 23.7 Å². The van der Waals surface area contributed by atoms with Gasteiger partial charge in [-0.05, 0) is 62.4 Å². The Hall–Kier alpha value is -2.91. The molecule has 0 spiro atoms. The van der Waals surface area contributed by atoms with Gasteiger partial charge in [-0.3, -0.25) is 9.59 Å². The highest BCUT2D eigenvalue weighted by molar-refractivity contribution is 7.89. The molecule has 176 valence electrons. The first-order valence-corrected chi connectivity index (χ1v) is 12.6. The van der Waals surface area contributed by atoms with E-state index in [-0.39, 0.29) is 35.7 Å². The maximum absolute atomic E-state index is 13.4. The number of ether oxygens (including phenoxy) is 1. The summed E-state index contributed by atoms with van der Waals surface area (Å²) in [4.78, 5) is 24.7. The molecule has 2 heterocycles. The molecule has 2 N–H and O–H groups in total. The van der Waals surface area contributed by atoms with Crippen LogP contribution in [0.1, 0.15) is 37.8 Å². The molecule has 0 aliphatic carbocycles. The molecule has 4 rings (SSSR count). The number of anilines is 2. The lowest BCUT2D eigenvalue weighted by Gasteiger charge is -2.31. The van der Waals surface area contributed by atoms with Gasteiger partial charge in [0.2, 0.25) is 15.9 Å². The Kier molecular flexibility index (Phi) is 6.45. The Morgan fingerprint density at radius 3 is 2.64 bits per heavy atom. The van der Waals surface area contributed by atoms with Gasteiger partial charge in [0.1, 0.15) is 5.75 Å². The molecule has 2 aromatic rings. The van der Waals surface area contributed by atoms with Crippen LogP contribution in [-0.2, 0) is 26.0 Å². The number of aryl methyl sites for hydroxylation is 2. The molecule has 0 bridgehead atoms. The highest BCUT2D eigenvalue weighted by atomic mass is 32.2. The number of carbonyl (C=O) groups excluding carboxylic acids is 2. The van der Waals surface area contributed by atoms with Crippen molar-refractivity contribution in [3.05, 3.63) is 47.5 Å². The average Bonchev–Trinajstić information content (AvgIpc) is 2.80. The summed E-state index contributed by atoms with van der Waals surface area (Å²) >= 11 is 0. The fourth-order valence-electron chi connectivity index (χ4n) is 4.23. The molecule has 9 heteroatoms. The van der Waals surface area contributed by atoms with Crippen LogP contribution in [0.2, 0.25) is 0 Å². The van der Waals surface area contributed by atoms with E-state index in [0.29, 0.717) is 29.8 Å². The number of nitrogens with zero attached hydrogens (tertiary/aromatic N) is 1. The highest BCUT2D eigenvalue weighted by Gasteiger charge is 2.34. The zero-order chi connectivity index (χ0) is 23.8. The molecule has 0 radical (unpaired) electrons. The fourth-order valence-corrected chi connectivity index (χ4v) is 5.92. The van der Waals surface area contributed by atoms with Crippen LogP contribution in [0.5, 0.6) is 5.75 Å². The van der Waals surface area contributed by atoms with Crippen molar-refractivity contribution >= 4 is 33.2 Å². The zero-order valence-corrected chi connectivity index (χ0v) is 19.9. The van der Waals surface area contributed by atoms with E-state index in [9.17, 15) is 18.0 Å². The molecule has 1 fully saturated rings. The van der Waals surface area contributed by atoms with Crippen LogP contribution in [0.25, 0.3) is 0 Å².